The molecule has 0 aliphatic carbocycles. The number of furan rings is 1. The van der Waals surface area contributed by atoms with Gasteiger partial charge in [0.25, 0.3) is 5.91 Å². The van der Waals surface area contributed by atoms with Gasteiger partial charge >= 0.3 is 0 Å². The number of nitrogens with zero attached hydrogens (tertiary/aromatic N) is 1. The lowest BCUT2D eigenvalue weighted by atomic mass is 9.93. The van der Waals surface area contributed by atoms with Crippen LogP contribution in [0, 0.1) is 5.82 Å². The van der Waals surface area contributed by atoms with Crippen molar-refractivity contribution in [2.45, 2.75) is 25.7 Å². The van der Waals surface area contributed by atoms with Crippen molar-refractivity contribution in [1.82, 2.24) is 5.32 Å². The summed E-state index contributed by atoms with van der Waals surface area (Å²) in [7, 11) is 1.63. The highest BCUT2D eigenvalue weighted by Crippen LogP contribution is 2.43. The molecule has 4 aromatic rings. The number of carbonyl (C=O) groups is 1. The van der Waals surface area contributed by atoms with Gasteiger partial charge in [-0.25, -0.2) is 4.39 Å². The zero-order valence-electron chi connectivity index (χ0n) is 19.9. The fourth-order valence-corrected chi connectivity index (χ4v) is 5.30. The Hall–Kier alpha value is -3.45. The molecular formula is C28H27FN2O3S. The Labute approximate surface area is 208 Å². The Morgan fingerprint density at radius 1 is 1.11 bits per heavy atom. The molecule has 1 aliphatic rings. The van der Waals surface area contributed by atoms with Crippen LogP contribution in [0.25, 0.3) is 22.3 Å². The molecule has 0 spiro atoms. The predicted octanol–water partition coefficient (Wildman–Crippen LogP) is 7.37. The van der Waals surface area contributed by atoms with Crippen LogP contribution in [0.5, 0.6) is 11.5 Å². The molecule has 1 aromatic heterocycles. The van der Waals surface area contributed by atoms with Crippen LogP contribution in [-0.2, 0) is 0 Å². The number of carbonyl (C=O) groups excluding carboxylic acids is 1. The quantitative estimate of drug-likeness (QED) is 0.296. The van der Waals surface area contributed by atoms with Crippen molar-refractivity contribution < 1.29 is 18.3 Å². The molecule has 180 valence electrons. The third-order valence-electron chi connectivity index (χ3n) is 6.48. The molecule has 35 heavy (non-hydrogen) atoms. The standard InChI is InChI=1S/C28H27FN2O3S/c1-17-5-4-14-31(35-3)24-16-25-23(15-22(17)24)26(28(32)30-2)27(34-25)18-6-10-20(11-7-18)33-21-12-8-19(29)9-13-21/h6-13,15-17H,4-5,14H2,1-3H3,(H,30,32). The fourth-order valence-electron chi connectivity index (χ4n) is 4.63. The first-order valence-electron chi connectivity index (χ1n) is 11.7. The number of hydrogen-bond acceptors (Lipinski definition) is 5. The predicted molar refractivity (Wildman–Crippen MR) is 140 cm³/mol. The second-order valence-electron chi connectivity index (χ2n) is 8.70. The van der Waals surface area contributed by atoms with E-state index in [0.717, 1.165) is 36.0 Å². The Morgan fingerprint density at radius 3 is 2.46 bits per heavy atom. The van der Waals surface area contributed by atoms with Crippen LogP contribution in [0.1, 0.15) is 41.6 Å². The van der Waals surface area contributed by atoms with Gasteiger partial charge in [-0.15, -0.1) is 0 Å². The van der Waals surface area contributed by atoms with Crippen LogP contribution in [0.2, 0.25) is 0 Å². The Morgan fingerprint density at radius 2 is 1.80 bits per heavy atom. The van der Waals surface area contributed by atoms with Gasteiger partial charge in [0.2, 0.25) is 0 Å². The molecule has 1 amide bonds. The maximum absolute atomic E-state index is 13.2. The van der Waals surface area contributed by atoms with Crippen molar-refractivity contribution >= 4 is 34.5 Å². The number of rotatable bonds is 5. The molecule has 1 aliphatic heterocycles. The van der Waals surface area contributed by atoms with Gasteiger partial charge in [0.05, 0.1) is 11.3 Å². The smallest absolute Gasteiger partial charge is 0.255 e. The minimum absolute atomic E-state index is 0.187. The first-order valence-corrected chi connectivity index (χ1v) is 12.8. The van der Waals surface area contributed by atoms with Crippen LogP contribution < -0.4 is 14.4 Å². The molecule has 0 saturated heterocycles. The maximum atomic E-state index is 13.2. The van der Waals surface area contributed by atoms with Crippen LogP contribution in [0.15, 0.2) is 65.1 Å². The van der Waals surface area contributed by atoms with Gasteiger partial charge < -0.3 is 18.8 Å². The van der Waals surface area contributed by atoms with Gasteiger partial charge in [-0.1, -0.05) is 18.9 Å². The van der Waals surface area contributed by atoms with E-state index < -0.39 is 0 Å². The van der Waals surface area contributed by atoms with Gasteiger partial charge in [0, 0.05) is 36.9 Å². The van der Waals surface area contributed by atoms with E-state index in [0.29, 0.717) is 34.3 Å². The van der Waals surface area contributed by atoms with Crippen LogP contribution in [0.4, 0.5) is 10.1 Å². The lowest BCUT2D eigenvalue weighted by Crippen LogP contribution is -2.18. The molecule has 1 unspecified atom stereocenters. The lowest BCUT2D eigenvalue weighted by molar-refractivity contribution is 0.0964. The van der Waals surface area contributed by atoms with Crippen molar-refractivity contribution in [3.63, 3.8) is 0 Å². The summed E-state index contributed by atoms with van der Waals surface area (Å²) in [5.41, 5.74) is 4.39. The van der Waals surface area contributed by atoms with Crippen molar-refractivity contribution in [3.05, 3.63) is 77.6 Å². The number of anilines is 1. The Balaban J connectivity index is 1.58. The van der Waals surface area contributed by atoms with Crippen LogP contribution in [0.3, 0.4) is 0 Å². The average Bonchev–Trinajstić information content (AvgIpc) is 3.17. The lowest BCUT2D eigenvalue weighted by Gasteiger charge is -2.22. The van der Waals surface area contributed by atoms with E-state index in [1.807, 2.05) is 24.3 Å². The normalized spacial score (nSPS) is 15.5. The van der Waals surface area contributed by atoms with Crippen molar-refractivity contribution in [1.29, 1.82) is 0 Å². The zero-order valence-corrected chi connectivity index (χ0v) is 20.7. The summed E-state index contributed by atoms with van der Waals surface area (Å²) in [5, 5.41) is 3.59. The van der Waals surface area contributed by atoms with E-state index in [2.05, 4.69) is 34.9 Å². The molecule has 0 radical (unpaired) electrons. The van der Waals surface area contributed by atoms with Crippen LogP contribution in [-0.4, -0.2) is 25.8 Å². The monoisotopic (exact) mass is 490 g/mol. The summed E-state index contributed by atoms with van der Waals surface area (Å²) in [6.45, 7) is 3.23. The van der Waals surface area contributed by atoms with Crippen LogP contribution >= 0.6 is 11.9 Å². The van der Waals surface area contributed by atoms with Crippen molar-refractivity contribution in [3.8, 4) is 22.8 Å². The molecule has 7 heteroatoms. The van der Waals surface area contributed by atoms with E-state index in [-0.39, 0.29) is 11.7 Å². The molecule has 0 fully saturated rings. The summed E-state index contributed by atoms with van der Waals surface area (Å²) in [6, 6.07) is 17.4. The molecular weight excluding hydrogens is 463 g/mol. The number of nitrogens with one attached hydrogen (secondary N) is 1. The minimum atomic E-state index is -0.313. The van der Waals surface area contributed by atoms with Crippen molar-refractivity contribution in [2.75, 3.05) is 24.2 Å². The van der Waals surface area contributed by atoms with Gasteiger partial charge in [0.15, 0.2) is 0 Å². The number of benzene rings is 3. The maximum Gasteiger partial charge on any atom is 0.255 e. The van der Waals surface area contributed by atoms with E-state index in [4.69, 9.17) is 9.15 Å². The number of fused-ring (bicyclic) bond motifs is 2. The fraction of sp³-hybridized carbons (Fsp3) is 0.250. The highest BCUT2D eigenvalue weighted by atomic mass is 32.2. The number of ether oxygens (including phenoxy) is 1. The molecule has 5 rings (SSSR count). The second-order valence-corrected chi connectivity index (χ2v) is 9.51. The molecule has 1 atom stereocenters. The van der Waals surface area contributed by atoms with Crippen molar-refractivity contribution in [2.24, 2.45) is 0 Å². The van der Waals surface area contributed by atoms with Gasteiger partial charge in [0.1, 0.15) is 28.7 Å². The Bertz CT molecular complexity index is 1370. The zero-order chi connectivity index (χ0) is 24.5. The second kappa shape index (κ2) is 9.66. The topological polar surface area (TPSA) is 54.7 Å². The molecule has 0 bridgehead atoms. The molecule has 5 nitrogen and oxygen atoms in total. The highest BCUT2D eigenvalue weighted by Gasteiger charge is 2.27. The summed E-state index contributed by atoms with van der Waals surface area (Å²) >= 11 is 1.71. The van der Waals surface area contributed by atoms with Gasteiger partial charge in [-0.2, -0.15) is 0 Å². The summed E-state index contributed by atoms with van der Waals surface area (Å²) in [6.07, 6.45) is 4.31. The highest BCUT2D eigenvalue weighted by molar-refractivity contribution is 7.99. The summed E-state index contributed by atoms with van der Waals surface area (Å²) in [5.74, 6) is 1.57. The third kappa shape index (κ3) is 4.48. The number of halogens is 1. The number of hydrogen-bond donors (Lipinski definition) is 1. The third-order valence-corrected chi connectivity index (χ3v) is 7.30. The molecule has 1 N–H and O–H groups in total. The first-order chi connectivity index (χ1) is 17.0. The SMILES string of the molecule is CNC(=O)c1c(-c2ccc(Oc3ccc(F)cc3)cc2)oc2cc3c(cc12)C(C)CCCN3SC. The van der Waals surface area contributed by atoms with E-state index in [1.54, 1.807) is 31.1 Å². The molecule has 0 saturated carbocycles. The summed E-state index contributed by atoms with van der Waals surface area (Å²) in [4.78, 5) is 13.0. The average molecular weight is 491 g/mol. The Kier molecular flexibility index (Phi) is 6.43. The van der Waals surface area contributed by atoms with Gasteiger partial charge in [-0.3, -0.25) is 4.79 Å². The molecule has 3 aromatic carbocycles. The minimum Gasteiger partial charge on any atom is -0.457 e. The van der Waals surface area contributed by atoms with E-state index >= 15 is 0 Å². The largest absolute Gasteiger partial charge is 0.457 e. The van der Waals surface area contributed by atoms with E-state index in [1.165, 1.54) is 17.7 Å². The van der Waals surface area contributed by atoms with E-state index in [9.17, 15) is 9.18 Å². The number of amides is 1. The molecule has 2 heterocycles. The van der Waals surface area contributed by atoms with Gasteiger partial charge in [-0.05, 0) is 78.9 Å². The first kappa shape index (κ1) is 23.3. The summed E-state index contributed by atoms with van der Waals surface area (Å²) < 4.78 is 27.6.